The van der Waals surface area contributed by atoms with Crippen molar-refractivity contribution in [3.05, 3.63) is 56.8 Å². The van der Waals surface area contributed by atoms with E-state index < -0.39 is 29.2 Å². The summed E-state index contributed by atoms with van der Waals surface area (Å²) in [6, 6.07) is 3.44. The first kappa shape index (κ1) is 22.1. The zero-order chi connectivity index (χ0) is 22.9. The van der Waals surface area contributed by atoms with E-state index in [1.165, 1.54) is 6.07 Å². The van der Waals surface area contributed by atoms with Crippen LogP contribution in [0.2, 0.25) is 0 Å². The largest absolute Gasteiger partial charge is 0.445 e. The summed E-state index contributed by atoms with van der Waals surface area (Å²) in [7, 11) is 0. The third kappa shape index (κ3) is 4.62. The highest BCUT2D eigenvalue weighted by atomic mass is 16.6. The van der Waals surface area contributed by atoms with E-state index in [0.29, 0.717) is 25.3 Å². The van der Waals surface area contributed by atoms with Crippen molar-refractivity contribution < 1.29 is 23.7 Å². The number of carbonyl (C=O) groups is 3. The molecule has 10 nitrogen and oxygen atoms in total. The van der Waals surface area contributed by atoms with Crippen LogP contribution in [0.5, 0.6) is 0 Å². The van der Waals surface area contributed by atoms with Gasteiger partial charge in [-0.05, 0) is 19.4 Å². The quantitative estimate of drug-likeness (QED) is 0.310. The fourth-order valence-corrected chi connectivity index (χ4v) is 3.19. The van der Waals surface area contributed by atoms with E-state index in [0.717, 1.165) is 28.5 Å². The van der Waals surface area contributed by atoms with Crippen molar-refractivity contribution in [2.45, 2.75) is 46.0 Å². The highest BCUT2D eigenvalue weighted by Crippen LogP contribution is 2.27. The molecule has 1 N–H and O–H groups in total. The molecule has 1 aromatic heterocycles. The van der Waals surface area contributed by atoms with Crippen LogP contribution < -0.4 is 5.32 Å². The molecular weight excluding hydrogens is 404 g/mol. The van der Waals surface area contributed by atoms with Gasteiger partial charge < -0.3 is 9.73 Å². The first-order valence-electron chi connectivity index (χ1n) is 9.87. The average molecular weight is 428 g/mol. The molecule has 31 heavy (non-hydrogen) atoms. The van der Waals surface area contributed by atoms with Crippen molar-refractivity contribution in [1.29, 1.82) is 0 Å². The second-order valence-corrected chi connectivity index (χ2v) is 8.41. The Morgan fingerprint density at radius 3 is 2.52 bits per heavy atom. The third-order valence-corrected chi connectivity index (χ3v) is 4.90. The van der Waals surface area contributed by atoms with Gasteiger partial charge in [0.25, 0.3) is 17.5 Å². The van der Waals surface area contributed by atoms with Crippen molar-refractivity contribution in [1.82, 2.24) is 15.2 Å². The fraction of sp³-hybridized carbons (Fsp3) is 0.429. The number of benzene rings is 1. The van der Waals surface area contributed by atoms with Crippen LogP contribution >= 0.6 is 0 Å². The molecule has 2 aromatic rings. The lowest BCUT2D eigenvalue weighted by Crippen LogP contribution is -2.40. The van der Waals surface area contributed by atoms with Gasteiger partial charge in [-0.25, -0.2) is 4.98 Å². The number of oxazole rings is 1. The number of hydrogen-bond acceptors (Lipinski definition) is 7. The summed E-state index contributed by atoms with van der Waals surface area (Å²) < 4.78 is 5.81. The van der Waals surface area contributed by atoms with Gasteiger partial charge in [-0.15, -0.1) is 0 Å². The van der Waals surface area contributed by atoms with Crippen LogP contribution in [0.1, 0.15) is 65.3 Å². The van der Waals surface area contributed by atoms with E-state index in [1.54, 1.807) is 0 Å². The summed E-state index contributed by atoms with van der Waals surface area (Å²) >= 11 is 0. The number of nitro benzene ring substituents is 1. The Morgan fingerprint density at radius 1 is 1.23 bits per heavy atom. The molecule has 164 valence electrons. The zero-order valence-corrected chi connectivity index (χ0v) is 17.9. The normalized spacial score (nSPS) is 13.5. The lowest BCUT2D eigenvalue weighted by atomic mass is 9.97. The number of rotatable bonds is 7. The van der Waals surface area contributed by atoms with Crippen molar-refractivity contribution in [2.75, 3.05) is 13.1 Å². The Morgan fingerprint density at radius 2 is 1.90 bits per heavy atom. The Bertz CT molecular complexity index is 1070. The molecular formula is C21H24N4O6. The van der Waals surface area contributed by atoms with Gasteiger partial charge in [-0.1, -0.05) is 20.8 Å². The van der Waals surface area contributed by atoms with E-state index in [4.69, 9.17) is 4.42 Å². The molecule has 0 aliphatic carbocycles. The van der Waals surface area contributed by atoms with Gasteiger partial charge in [0.05, 0.1) is 21.7 Å². The van der Waals surface area contributed by atoms with E-state index in [9.17, 15) is 24.5 Å². The molecule has 0 spiro atoms. The molecule has 2 heterocycles. The monoisotopic (exact) mass is 428 g/mol. The molecule has 3 amide bonds. The molecule has 1 aliphatic heterocycles. The average Bonchev–Trinajstić information content (AvgIpc) is 3.18. The number of nitro groups is 1. The van der Waals surface area contributed by atoms with Crippen molar-refractivity contribution in [3.63, 3.8) is 0 Å². The molecule has 0 saturated heterocycles. The molecule has 0 radical (unpaired) electrons. The summed E-state index contributed by atoms with van der Waals surface area (Å²) in [6.07, 6.45) is 1.19. The van der Waals surface area contributed by atoms with Crippen molar-refractivity contribution >= 4 is 23.4 Å². The fourth-order valence-electron chi connectivity index (χ4n) is 3.19. The van der Waals surface area contributed by atoms with E-state index in [2.05, 4.69) is 10.3 Å². The Labute approximate surface area is 178 Å². The van der Waals surface area contributed by atoms with Gasteiger partial charge >= 0.3 is 0 Å². The number of imide groups is 1. The minimum absolute atomic E-state index is 0.0545. The van der Waals surface area contributed by atoms with Crippen LogP contribution in [0.15, 0.2) is 22.6 Å². The summed E-state index contributed by atoms with van der Waals surface area (Å²) in [4.78, 5) is 52.5. The molecule has 0 saturated carbocycles. The maximum Gasteiger partial charge on any atom is 0.270 e. The number of non-ortho nitro benzene ring substituents is 1. The Hall–Kier alpha value is -3.56. The number of nitrogens with one attached hydrogen (secondary N) is 1. The highest BCUT2D eigenvalue weighted by Gasteiger charge is 2.37. The van der Waals surface area contributed by atoms with E-state index in [1.807, 2.05) is 27.7 Å². The summed E-state index contributed by atoms with van der Waals surface area (Å²) in [5.74, 6) is -0.424. The molecule has 0 fully saturated rings. The predicted octanol–water partition coefficient (Wildman–Crippen LogP) is 2.53. The van der Waals surface area contributed by atoms with Gasteiger partial charge in [0.15, 0.2) is 5.89 Å². The SMILES string of the molecule is Cc1nc(C(C)(C)C)oc1CCCNC(=O)CN1C(=O)c2ccc([N+](=O)[O-])cc2C1=O. The molecule has 0 unspecified atom stereocenters. The van der Waals surface area contributed by atoms with Crippen molar-refractivity contribution in [3.8, 4) is 0 Å². The molecule has 3 rings (SSSR count). The van der Waals surface area contributed by atoms with E-state index in [-0.39, 0.29) is 22.2 Å². The summed E-state index contributed by atoms with van der Waals surface area (Å²) in [5, 5.41) is 13.6. The van der Waals surface area contributed by atoms with Gasteiger partial charge in [0.2, 0.25) is 5.91 Å². The maximum absolute atomic E-state index is 12.4. The van der Waals surface area contributed by atoms with Gasteiger partial charge in [-0.2, -0.15) is 0 Å². The number of aryl methyl sites for hydroxylation is 2. The van der Waals surface area contributed by atoms with Crippen LogP contribution in [0.25, 0.3) is 0 Å². The predicted molar refractivity (Wildman–Crippen MR) is 110 cm³/mol. The third-order valence-electron chi connectivity index (χ3n) is 4.90. The second-order valence-electron chi connectivity index (χ2n) is 8.41. The lowest BCUT2D eigenvalue weighted by Gasteiger charge is -2.13. The standard InChI is InChI=1S/C21H24N4O6/c1-12-16(31-20(23-12)21(2,3)4)6-5-9-22-17(26)11-24-18(27)14-8-7-13(25(29)30)10-15(14)19(24)28/h7-8,10H,5-6,9,11H2,1-4H3,(H,22,26). The van der Waals surface area contributed by atoms with Crippen molar-refractivity contribution in [2.24, 2.45) is 0 Å². The van der Waals surface area contributed by atoms with E-state index >= 15 is 0 Å². The highest BCUT2D eigenvalue weighted by molar-refractivity contribution is 6.22. The number of fused-ring (bicyclic) bond motifs is 1. The maximum atomic E-state index is 12.4. The molecule has 1 aliphatic rings. The molecule has 0 bridgehead atoms. The lowest BCUT2D eigenvalue weighted by molar-refractivity contribution is -0.384. The summed E-state index contributed by atoms with van der Waals surface area (Å²) in [6.45, 7) is 7.80. The Kier molecular flexibility index (Phi) is 5.92. The molecule has 10 heteroatoms. The second kappa shape index (κ2) is 8.29. The number of nitrogens with zero attached hydrogens (tertiary/aromatic N) is 3. The molecule has 0 atom stereocenters. The van der Waals surface area contributed by atoms with Crippen LogP contribution in [-0.2, 0) is 16.6 Å². The smallest absolute Gasteiger partial charge is 0.270 e. The number of amides is 3. The first-order valence-corrected chi connectivity index (χ1v) is 9.87. The minimum Gasteiger partial charge on any atom is -0.445 e. The zero-order valence-electron chi connectivity index (χ0n) is 17.9. The number of hydrogen-bond donors (Lipinski definition) is 1. The first-order chi connectivity index (χ1) is 14.5. The molecule has 1 aromatic carbocycles. The van der Waals surface area contributed by atoms with Gasteiger partial charge in [0.1, 0.15) is 12.3 Å². The van der Waals surface area contributed by atoms with Gasteiger partial charge in [-0.3, -0.25) is 29.4 Å². The van der Waals surface area contributed by atoms with Crippen LogP contribution in [0, 0.1) is 17.0 Å². The minimum atomic E-state index is -0.717. The Balaban J connectivity index is 1.52. The number of carbonyl (C=O) groups excluding carboxylic acids is 3. The topological polar surface area (TPSA) is 136 Å². The summed E-state index contributed by atoms with van der Waals surface area (Å²) in [5.41, 5.74) is 0.325. The number of aromatic nitrogens is 1. The van der Waals surface area contributed by atoms with Crippen LogP contribution in [0.3, 0.4) is 0 Å². The van der Waals surface area contributed by atoms with Gasteiger partial charge in [0, 0.05) is 30.5 Å². The van der Waals surface area contributed by atoms with Crippen LogP contribution in [0.4, 0.5) is 5.69 Å². The van der Waals surface area contributed by atoms with Crippen LogP contribution in [-0.4, -0.2) is 45.6 Å².